The number of imidazole rings is 1. The van der Waals surface area contributed by atoms with Crippen molar-refractivity contribution in [2.75, 3.05) is 0 Å². The van der Waals surface area contributed by atoms with E-state index < -0.39 is 34.6 Å². The van der Waals surface area contributed by atoms with Crippen molar-refractivity contribution in [2.24, 2.45) is 0 Å². The molecule has 0 unspecified atom stereocenters. The molecule has 0 atom stereocenters. The van der Waals surface area contributed by atoms with Gasteiger partial charge in [-0.15, -0.1) is 0 Å². The van der Waals surface area contributed by atoms with Crippen LogP contribution in [0.4, 0.5) is 26.3 Å². The highest BCUT2D eigenvalue weighted by Gasteiger charge is 2.39. The lowest BCUT2D eigenvalue weighted by Crippen LogP contribution is -2.14. The molecule has 0 bridgehead atoms. The molecule has 4 rings (SSSR count). The minimum absolute atomic E-state index is 0.0103. The lowest BCUT2D eigenvalue weighted by Gasteiger charge is -2.15. The van der Waals surface area contributed by atoms with Crippen LogP contribution in [-0.2, 0) is 12.4 Å². The third-order valence-electron chi connectivity index (χ3n) is 3.89. The lowest BCUT2D eigenvalue weighted by molar-refractivity contribution is -0.144. The largest absolute Gasteiger partial charge is 0.433 e. The summed E-state index contributed by atoms with van der Waals surface area (Å²) in [6.45, 7) is 0. The van der Waals surface area contributed by atoms with E-state index in [1.54, 1.807) is 0 Å². The van der Waals surface area contributed by atoms with Gasteiger partial charge in [-0.05, 0) is 18.2 Å². The third kappa shape index (κ3) is 2.84. The molecule has 0 spiro atoms. The fourth-order valence-corrected chi connectivity index (χ4v) is 2.76. The average molecular weight is 383 g/mol. The van der Waals surface area contributed by atoms with Gasteiger partial charge < -0.3 is 0 Å². The maximum atomic E-state index is 13.4. The molecule has 0 saturated carbocycles. The van der Waals surface area contributed by atoms with Crippen LogP contribution in [-0.4, -0.2) is 24.3 Å². The molecule has 0 radical (unpaired) electrons. The molecule has 0 aliphatic rings. The van der Waals surface area contributed by atoms with Gasteiger partial charge in [0, 0.05) is 23.3 Å². The van der Waals surface area contributed by atoms with Crippen molar-refractivity contribution in [3.63, 3.8) is 0 Å². The van der Waals surface area contributed by atoms with Gasteiger partial charge in [-0.25, -0.2) is 19.9 Å². The van der Waals surface area contributed by atoms with Crippen molar-refractivity contribution < 1.29 is 26.3 Å². The second-order valence-corrected chi connectivity index (χ2v) is 5.59. The van der Waals surface area contributed by atoms with E-state index in [0.29, 0.717) is 5.56 Å². The molecule has 0 aromatic carbocycles. The van der Waals surface area contributed by atoms with Crippen molar-refractivity contribution >= 4 is 16.7 Å². The van der Waals surface area contributed by atoms with E-state index in [9.17, 15) is 26.3 Å². The van der Waals surface area contributed by atoms with Gasteiger partial charge in [-0.2, -0.15) is 26.3 Å². The second-order valence-electron chi connectivity index (χ2n) is 5.59. The number of hydrogen-bond donors (Lipinski definition) is 0. The summed E-state index contributed by atoms with van der Waals surface area (Å²) in [6.07, 6.45) is -4.76. The third-order valence-corrected chi connectivity index (χ3v) is 3.89. The first kappa shape index (κ1) is 17.2. The molecule has 4 aromatic heterocycles. The van der Waals surface area contributed by atoms with Gasteiger partial charge in [-0.3, -0.25) is 4.40 Å². The summed E-state index contributed by atoms with van der Waals surface area (Å²) < 4.78 is 80.8. The van der Waals surface area contributed by atoms with Crippen molar-refractivity contribution in [2.45, 2.75) is 12.4 Å². The fraction of sp³-hybridized carbons (Fsp3) is 0.125. The second kappa shape index (κ2) is 5.63. The molecule has 5 nitrogen and oxygen atoms in total. The number of alkyl halides is 6. The normalized spacial score (nSPS) is 12.8. The van der Waals surface area contributed by atoms with Crippen LogP contribution in [0.3, 0.4) is 0 Å². The van der Waals surface area contributed by atoms with Crippen molar-refractivity contribution in [3.8, 4) is 11.3 Å². The van der Waals surface area contributed by atoms with E-state index in [1.807, 2.05) is 0 Å². The van der Waals surface area contributed by atoms with Gasteiger partial charge in [0.05, 0.1) is 17.5 Å². The maximum absolute atomic E-state index is 13.4. The summed E-state index contributed by atoms with van der Waals surface area (Å²) in [7, 11) is 0. The zero-order chi connectivity index (χ0) is 19.4. The van der Waals surface area contributed by atoms with E-state index >= 15 is 0 Å². The monoisotopic (exact) mass is 383 g/mol. The van der Waals surface area contributed by atoms with E-state index in [-0.39, 0.29) is 17.4 Å². The first-order chi connectivity index (χ1) is 12.7. The summed E-state index contributed by atoms with van der Waals surface area (Å²) in [5.41, 5.74) is -2.85. The molecule has 0 saturated heterocycles. The van der Waals surface area contributed by atoms with Crippen LogP contribution in [0.25, 0.3) is 27.9 Å². The van der Waals surface area contributed by atoms with Crippen LogP contribution in [0.5, 0.6) is 0 Å². The van der Waals surface area contributed by atoms with Crippen LogP contribution >= 0.6 is 0 Å². The standard InChI is InChI=1S/C16H7F6N5/c17-15(18,19)10-3-12(16(20,21)22)26-14-9(10)1-2-13-25-6-11(27(13)14)8-4-23-7-24-5-8/h1-7H. The highest BCUT2D eigenvalue weighted by atomic mass is 19.4. The molecule has 0 amide bonds. The minimum atomic E-state index is -5.05. The number of hydrogen-bond acceptors (Lipinski definition) is 4. The number of pyridine rings is 2. The van der Waals surface area contributed by atoms with Crippen LogP contribution in [0.15, 0.2) is 43.1 Å². The Morgan fingerprint density at radius 1 is 0.852 bits per heavy atom. The molecule has 0 aliphatic heterocycles. The van der Waals surface area contributed by atoms with Gasteiger partial charge in [0.25, 0.3) is 0 Å². The molecule has 27 heavy (non-hydrogen) atoms. The minimum Gasteiger partial charge on any atom is -0.276 e. The van der Waals surface area contributed by atoms with Crippen LogP contribution in [0.1, 0.15) is 11.3 Å². The van der Waals surface area contributed by atoms with Crippen molar-refractivity contribution in [1.29, 1.82) is 0 Å². The number of halogens is 6. The Morgan fingerprint density at radius 3 is 2.19 bits per heavy atom. The highest BCUT2D eigenvalue weighted by Crippen LogP contribution is 2.39. The molecule has 4 aromatic rings. The smallest absolute Gasteiger partial charge is 0.276 e. The van der Waals surface area contributed by atoms with Crippen molar-refractivity contribution in [3.05, 3.63) is 54.4 Å². The highest BCUT2D eigenvalue weighted by molar-refractivity contribution is 5.85. The van der Waals surface area contributed by atoms with Gasteiger partial charge in [-0.1, -0.05) is 0 Å². The molecule has 4 heterocycles. The molecule has 138 valence electrons. The average Bonchev–Trinajstić information content (AvgIpc) is 3.04. The Labute approximate surface area is 146 Å². The predicted octanol–water partition coefficient (Wildman–Crippen LogP) is 4.38. The van der Waals surface area contributed by atoms with Crippen LogP contribution in [0, 0.1) is 0 Å². The fourth-order valence-electron chi connectivity index (χ4n) is 2.76. The number of rotatable bonds is 1. The summed E-state index contributed by atoms with van der Waals surface area (Å²) in [6, 6.07) is 2.34. The molecule has 0 aliphatic carbocycles. The van der Waals surface area contributed by atoms with E-state index in [0.717, 1.165) is 10.5 Å². The lowest BCUT2D eigenvalue weighted by atomic mass is 10.1. The number of nitrogens with zero attached hydrogens (tertiary/aromatic N) is 5. The maximum Gasteiger partial charge on any atom is 0.433 e. The van der Waals surface area contributed by atoms with Crippen LogP contribution in [0.2, 0.25) is 0 Å². The number of aromatic nitrogens is 5. The van der Waals surface area contributed by atoms with Gasteiger partial charge in [0.1, 0.15) is 23.3 Å². The van der Waals surface area contributed by atoms with Gasteiger partial charge >= 0.3 is 12.4 Å². The zero-order valence-corrected chi connectivity index (χ0v) is 13.0. The first-order valence-corrected chi connectivity index (χ1v) is 7.37. The summed E-state index contributed by atoms with van der Waals surface area (Å²) >= 11 is 0. The molecular formula is C16H7F6N5. The quantitative estimate of drug-likeness (QED) is 0.458. The molecule has 11 heteroatoms. The van der Waals surface area contributed by atoms with Crippen molar-refractivity contribution in [1.82, 2.24) is 24.3 Å². The summed E-state index contributed by atoms with van der Waals surface area (Å²) in [4.78, 5) is 15.1. The summed E-state index contributed by atoms with van der Waals surface area (Å²) in [5, 5.41) is -0.473. The van der Waals surface area contributed by atoms with Gasteiger partial charge in [0.15, 0.2) is 0 Å². The molecular weight excluding hydrogens is 376 g/mol. The molecule has 0 N–H and O–H groups in total. The van der Waals surface area contributed by atoms with Gasteiger partial charge in [0.2, 0.25) is 0 Å². The Hall–Kier alpha value is -3.24. The first-order valence-electron chi connectivity index (χ1n) is 7.37. The van der Waals surface area contributed by atoms with E-state index in [1.165, 1.54) is 31.0 Å². The van der Waals surface area contributed by atoms with Crippen LogP contribution < -0.4 is 0 Å². The Balaban J connectivity index is 2.17. The Morgan fingerprint density at radius 2 is 1.56 bits per heavy atom. The summed E-state index contributed by atoms with van der Waals surface area (Å²) in [5.74, 6) is 0. The zero-order valence-electron chi connectivity index (χ0n) is 13.0. The SMILES string of the molecule is FC(F)(F)c1cc(C(F)(F)F)c2ccc3ncc(-c4cncnc4)n3c2n1. The Kier molecular flexibility index (Phi) is 3.58. The van der Waals surface area contributed by atoms with E-state index in [4.69, 9.17) is 0 Å². The Bertz CT molecular complexity index is 1150. The van der Waals surface area contributed by atoms with E-state index in [2.05, 4.69) is 19.9 Å². The topological polar surface area (TPSA) is 56.0 Å². The number of fused-ring (bicyclic) bond motifs is 3. The molecule has 0 fully saturated rings. The predicted molar refractivity (Wildman–Crippen MR) is 81.5 cm³/mol.